The number of nitrogens with one attached hydrogen (secondary N) is 2. The van der Waals surface area contributed by atoms with Crippen LogP contribution in [0.1, 0.15) is 35.8 Å². The summed E-state index contributed by atoms with van der Waals surface area (Å²) >= 11 is 0. The molecule has 3 aromatic carbocycles. The summed E-state index contributed by atoms with van der Waals surface area (Å²) in [5.74, 6) is 2.75. The third kappa shape index (κ3) is 4.75. The van der Waals surface area contributed by atoms with Crippen molar-refractivity contribution in [1.82, 2.24) is 10.6 Å². The maximum Gasteiger partial charge on any atom is 0.162 e. The molecule has 0 aliphatic carbocycles. The van der Waals surface area contributed by atoms with Crippen LogP contribution in [0.25, 0.3) is 5.70 Å². The van der Waals surface area contributed by atoms with Gasteiger partial charge in [-0.1, -0.05) is 24.3 Å². The first-order valence-electron chi connectivity index (χ1n) is 11.1. The summed E-state index contributed by atoms with van der Waals surface area (Å²) in [4.78, 5) is 0. The molecule has 2 atom stereocenters. The molecule has 0 saturated carbocycles. The van der Waals surface area contributed by atoms with E-state index in [4.69, 9.17) is 18.9 Å². The van der Waals surface area contributed by atoms with Crippen LogP contribution < -0.4 is 29.6 Å². The molecule has 3 aromatic rings. The number of hydrogen-bond acceptors (Lipinski definition) is 7. The molecular formula is C27H30N2O5. The second-order valence-corrected chi connectivity index (χ2v) is 7.77. The molecular weight excluding hydrogens is 432 g/mol. The number of para-hydroxylation sites is 1. The molecule has 3 N–H and O–H groups in total. The Morgan fingerprint density at radius 2 is 1.59 bits per heavy atom. The number of rotatable bonds is 8. The summed E-state index contributed by atoms with van der Waals surface area (Å²) in [6, 6.07) is 18.7. The summed E-state index contributed by atoms with van der Waals surface area (Å²) < 4.78 is 22.2. The van der Waals surface area contributed by atoms with E-state index in [1.807, 2.05) is 67.6 Å². The Morgan fingerprint density at radius 1 is 0.824 bits per heavy atom. The van der Waals surface area contributed by atoms with E-state index >= 15 is 0 Å². The number of phenols is 1. The van der Waals surface area contributed by atoms with Gasteiger partial charge in [0.1, 0.15) is 23.4 Å². The smallest absolute Gasteiger partial charge is 0.162 e. The fourth-order valence-electron chi connectivity index (χ4n) is 4.08. The highest BCUT2D eigenvalue weighted by Gasteiger charge is 2.28. The summed E-state index contributed by atoms with van der Waals surface area (Å²) in [5, 5.41) is 18.1. The van der Waals surface area contributed by atoms with Crippen LogP contribution >= 0.6 is 0 Å². The van der Waals surface area contributed by atoms with E-state index in [-0.39, 0.29) is 18.0 Å². The maximum atomic E-state index is 11.0. The van der Waals surface area contributed by atoms with Gasteiger partial charge in [0, 0.05) is 22.4 Å². The van der Waals surface area contributed by atoms with E-state index in [0.717, 1.165) is 28.3 Å². The van der Waals surface area contributed by atoms with E-state index in [1.54, 1.807) is 27.4 Å². The number of aromatic hydroxyl groups is 1. The van der Waals surface area contributed by atoms with E-state index in [2.05, 4.69) is 10.6 Å². The first-order chi connectivity index (χ1) is 16.6. The minimum atomic E-state index is -0.337. The average Bonchev–Trinajstić information content (AvgIpc) is 2.89. The minimum Gasteiger partial charge on any atom is -0.504 e. The molecule has 178 valence electrons. The number of methoxy groups -OCH3 is 3. The van der Waals surface area contributed by atoms with Gasteiger partial charge in [0.25, 0.3) is 0 Å². The zero-order valence-electron chi connectivity index (χ0n) is 19.8. The Bertz CT molecular complexity index is 1180. The highest BCUT2D eigenvalue weighted by molar-refractivity contribution is 5.68. The second-order valence-electron chi connectivity index (χ2n) is 7.77. The maximum absolute atomic E-state index is 11.0. The molecule has 1 aliphatic rings. The van der Waals surface area contributed by atoms with Crippen LogP contribution in [-0.4, -0.2) is 33.0 Å². The third-order valence-corrected chi connectivity index (χ3v) is 5.77. The Kier molecular flexibility index (Phi) is 7.13. The van der Waals surface area contributed by atoms with Gasteiger partial charge in [-0.2, -0.15) is 0 Å². The normalized spacial score (nSPS) is 17.4. The van der Waals surface area contributed by atoms with Gasteiger partial charge in [-0.3, -0.25) is 5.32 Å². The summed E-state index contributed by atoms with van der Waals surface area (Å²) in [6.45, 7) is 2.35. The van der Waals surface area contributed by atoms with Gasteiger partial charge in [-0.25, -0.2) is 0 Å². The van der Waals surface area contributed by atoms with Gasteiger partial charge >= 0.3 is 0 Å². The topological polar surface area (TPSA) is 81.2 Å². The van der Waals surface area contributed by atoms with Gasteiger partial charge in [0.15, 0.2) is 11.5 Å². The standard InChI is InChI=1S/C27H30N2O5/c1-5-34-25-11-7-10-20(26(25)30)23-16-22(17-8-6-9-18(14-17)31-2)28-27(29-23)21-15-19(32-3)12-13-24(21)33-4/h6-16,23,27-30H,5H2,1-4H3. The van der Waals surface area contributed by atoms with Crippen molar-refractivity contribution in [3.05, 3.63) is 83.4 Å². The van der Waals surface area contributed by atoms with Crippen LogP contribution in [0.5, 0.6) is 28.7 Å². The monoisotopic (exact) mass is 462 g/mol. The number of benzene rings is 3. The second kappa shape index (κ2) is 10.4. The SMILES string of the molecule is CCOc1cccc(C2C=C(c3cccc(OC)c3)NC(c3cc(OC)ccc3OC)N2)c1O. The van der Waals surface area contributed by atoms with E-state index in [1.165, 1.54) is 0 Å². The fourth-order valence-corrected chi connectivity index (χ4v) is 4.08. The lowest BCUT2D eigenvalue weighted by molar-refractivity contribution is 0.314. The van der Waals surface area contributed by atoms with Crippen molar-refractivity contribution < 1.29 is 24.1 Å². The number of hydrogen-bond donors (Lipinski definition) is 3. The molecule has 0 fully saturated rings. The Balaban J connectivity index is 1.82. The van der Waals surface area contributed by atoms with Crippen molar-refractivity contribution in [2.75, 3.05) is 27.9 Å². The van der Waals surface area contributed by atoms with Crippen molar-refractivity contribution in [3.8, 4) is 28.7 Å². The summed E-state index contributed by atoms with van der Waals surface area (Å²) in [7, 11) is 4.92. The van der Waals surface area contributed by atoms with Crippen molar-refractivity contribution >= 4 is 5.70 Å². The molecule has 7 heteroatoms. The molecule has 7 nitrogen and oxygen atoms in total. The summed E-state index contributed by atoms with van der Waals surface area (Å²) in [6.07, 6.45) is 1.71. The zero-order chi connectivity index (χ0) is 24.1. The Labute approximate surface area is 199 Å². The molecule has 0 spiro atoms. The van der Waals surface area contributed by atoms with Gasteiger partial charge in [-0.15, -0.1) is 0 Å². The van der Waals surface area contributed by atoms with Crippen LogP contribution in [0, 0.1) is 0 Å². The number of phenolic OH excluding ortho intramolecular Hbond substituents is 1. The lowest BCUT2D eigenvalue weighted by atomic mass is 9.97. The molecule has 2 unspecified atom stereocenters. The first kappa shape index (κ1) is 23.3. The van der Waals surface area contributed by atoms with Gasteiger partial charge in [-0.05, 0) is 49.4 Å². The summed E-state index contributed by atoms with van der Waals surface area (Å²) in [5.41, 5.74) is 3.43. The van der Waals surface area contributed by atoms with Crippen LogP contribution in [0.3, 0.4) is 0 Å². The lowest BCUT2D eigenvalue weighted by Crippen LogP contribution is -2.39. The lowest BCUT2D eigenvalue weighted by Gasteiger charge is -2.34. The third-order valence-electron chi connectivity index (χ3n) is 5.77. The highest BCUT2D eigenvalue weighted by Crippen LogP contribution is 2.40. The zero-order valence-corrected chi connectivity index (χ0v) is 19.8. The molecule has 4 rings (SSSR count). The van der Waals surface area contributed by atoms with Crippen molar-refractivity contribution in [3.63, 3.8) is 0 Å². The fraction of sp³-hybridized carbons (Fsp3) is 0.259. The Hall–Kier alpha value is -3.84. The van der Waals surface area contributed by atoms with Gasteiger partial charge in [0.05, 0.1) is 34.0 Å². The van der Waals surface area contributed by atoms with E-state index in [9.17, 15) is 5.11 Å². The Morgan fingerprint density at radius 3 is 2.32 bits per heavy atom. The van der Waals surface area contributed by atoms with E-state index in [0.29, 0.717) is 23.7 Å². The van der Waals surface area contributed by atoms with Crippen molar-refractivity contribution in [2.45, 2.75) is 19.1 Å². The van der Waals surface area contributed by atoms with Crippen LogP contribution in [0.4, 0.5) is 0 Å². The minimum absolute atomic E-state index is 0.112. The predicted octanol–water partition coefficient (Wildman–Crippen LogP) is 4.79. The van der Waals surface area contributed by atoms with Crippen molar-refractivity contribution in [2.24, 2.45) is 0 Å². The van der Waals surface area contributed by atoms with E-state index < -0.39 is 0 Å². The van der Waals surface area contributed by atoms with Gasteiger partial charge < -0.3 is 29.4 Å². The molecule has 0 bridgehead atoms. The molecule has 34 heavy (non-hydrogen) atoms. The van der Waals surface area contributed by atoms with Crippen LogP contribution in [0.2, 0.25) is 0 Å². The van der Waals surface area contributed by atoms with Crippen LogP contribution in [0.15, 0.2) is 66.7 Å². The molecule has 0 aromatic heterocycles. The predicted molar refractivity (Wildman–Crippen MR) is 132 cm³/mol. The highest BCUT2D eigenvalue weighted by atomic mass is 16.5. The molecule has 0 saturated heterocycles. The van der Waals surface area contributed by atoms with Gasteiger partial charge in [0.2, 0.25) is 0 Å². The van der Waals surface area contributed by atoms with Crippen molar-refractivity contribution in [1.29, 1.82) is 0 Å². The molecule has 1 aliphatic heterocycles. The number of ether oxygens (including phenoxy) is 4. The first-order valence-corrected chi connectivity index (χ1v) is 11.1. The quantitative estimate of drug-likeness (QED) is 0.444. The molecule has 0 radical (unpaired) electrons. The molecule has 1 heterocycles. The average molecular weight is 463 g/mol. The molecule has 0 amide bonds. The largest absolute Gasteiger partial charge is 0.504 e. The van der Waals surface area contributed by atoms with Crippen LogP contribution in [-0.2, 0) is 0 Å².